The number of halogens is 3. The maximum Gasteiger partial charge on any atom is 0.151 e. The van der Waals surface area contributed by atoms with Crippen LogP contribution in [-0.2, 0) is 4.74 Å². The van der Waals surface area contributed by atoms with E-state index in [-0.39, 0.29) is 16.9 Å². The third-order valence-corrected chi connectivity index (χ3v) is 4.00. The predicted molar refractivity (Wildman–Crippen MR) is 83.8 cm³/mol. The highest BCUT2D eigenvalue weighted by molar-refractivity contribution is 6.32. The minimum absolute atomic E-state index is 0.0350. The number of hydrogen-bond donors (Lipinski definition) is 1. The Hall–Kier alpha value is -1.69. The standard InChI is InChI=1S/C17H16ClF2NO2/c18-16-13(20)8-12(19)9-14(16)23-17(11-4-2-1-3-5-11)15-10-21-6-7-22-15/h1-5,8-9,15,17,21H,6-7,10H2/t15-,17-/m0/s1. The molecule has 1 aliphatic heterocycles. The molecule has 0 spiro atoms. The van der Waals surface area contributed by atoms with E-state index < -0.39 is 17.7 Å². The summed E-state index contributed by atoms with van der Waals surface area (Å²) in [6.07, 6.45) is -0.809. The number of ether oxygens (including phenoxy) is 2. The maximum absolute atomic E-state index is 13.6. The van der Waals surface area contributed by atoms with E-state index in [0.29, 0.717) is 13.2 Å². The molecule has 2 aromatic rings. The molecule has 0 radical (unpaired) electrons. The van der Waals surface area contributed by atoms with E-state index in [1.54, 1.807) is 0 Å². The monoisotopic (exact) mass is 339 g/mol. The van der Waals surface area contributed by atoms with Crippen molar-refractivity contribution in [3.63, 3.8) is 0 Å². The van der Waals surface area contributed by atoms with Gasteiger partial charge in [0.25, 0.3) is 0 Å². The van der Waals surface area contributed by atoms with Crippen molar-refractivity contribution in [3.05, 3.63) is 64.7 Å². The number of hydrogen-bond acceptors (Lipinski definition) is 3. The first-order valence-electron chi connectivity index (χ1n) is 7.33. The zero-order valence-corrected chi connectivity index (χ0v) is 13.0. The van der Waals surface area contributed by atoms with Gasteiger partial charge in [0.05, 0.1) is 6.61 Å². The van der Waals surface area contributed by atoms with E-state index in [9.17, 15) is 8.78 Å². The van der Waals surface area contributed by atoms with Crippen LogP contribution >= 0.6 is 11.6 Å². The van der Waals surface area contributed by atoms with Gasteiger partial charge >= 0.3 is 0 Å². The summed E-state index contributed by atoms with van der Waals surface area (Å²) in [6.45, 7) is 1.88. The van der Waals surface area contributed by atoms with Crippen molar-refractivity contribution in [3.8, 4) is 5.75 Å². The van der Waals surface area contributed by atoms with Crippen molar-refractivity contribution >= 4 is 11.6 Å². The van der Waals surface area contributed by atoms with E-state index in [1.807, 2.05) is 30.3 Å². The third kappa shape index (κ3) is 3.80. The number of morpholine rings is 1. The molecule has 2 atom stereocenters. The van der Waals surface area contributed by atoms with Crippen LogP contribution in [0.4, 0.5) is 8.78 Å². The molecular formula is C17H16ClF2NO2. The Kier molecular flexibility index (Phi) is 5.10. The molecular weight excluding hydrogens is 324 g/mol. The average Bonchev–Trinajstić information content (AvgIpc) is 2.58. The van der Waals surface area contributed by atoms with E-state index in [4.69, 9.17) is 21.1 Å². The lowest BCUT2D eigenvalue weighted by Gasteiger charge is -2.31. The van der Waals surface area contributed by atoms with Gasteiger partial charge in [0, 0.05) is 25.2 Å². The van der Waals surface area contributed by atoms with Crippen LogP contribution in [0.25, 0.3) is 0 Å². The van der Waals surface area contributed by atoms with Gasteiger partial charge in [0.15, 0.2) is 6.10 Å². The minimum atomic E-state index is -0.851. The van der Waals surface area contributed by atoms with Gasteiger partial charge in [-0.05, 0) is 5.56 Å². The first-order chi connectivity index (χ1) is 11.1. The lowest BCUT2D eigenvalue weighted by atomic mass is 10.0. The fourth-order valence-electron chi connectivity index (χ4n) is 2.54. The van der Waals surface area contributed by atoms with Crippen LogP contribution < -0.4 is 10.1 Å². The van der Waals surface area contributed by atoms with Gasteiger partial charge in [0.2, 0.25) is 0 Å². The number of benzene rings is 2. The molecule has 0 bridgehead atoms. The van der Waals surface area contributed by atoms with Crippen molar-refractivity contribution in [2.24, 2.45) is 0 Å². The van der Waals surface area contributed by atoms with Gasteiger partial charge in [0.1, 0.15) is 28.5 Å². The molecule has 1 heterocycles. The van der Waals surface area contributed by atoms with E-state index >= 15 is 0 Å². The molecule has 3 rings (SSSR count). The Morgan fingerprint density at radius 2 is 2.00 bits per heavy atom. The Labute approximate surface area is 138 Å². The highest BCUT2D eigenvalue weighted by atomic mass is 35.5. The van der Waals surface area contributed by atoms with Crippen LogP contribution in [0.5, 0.6) is 5.75 Å². The molecule has 1 aliphatic rings. The molecule has 0 aliphatic carbocycles. The summed E-state index contributed by atoms with van der Waals surface area (Å²) < 4.78 is 38.7. The SMILES string of the molecule is Fc1cc(F)c(Cl)c(O[C@@H](c2ccccc2)[C@@H]2CNCCO2)c1. The summed E-state index contributed by atoms with van der Waals surface area (Å²) in [5, 5.41) is 2.98. The van der Waals surface area contributed by atoms with Crippen LogP contribution in [-0.4, -0.2) is 25.8 Å². The molecule has 2 aromatic carbocycles. The normalized spacial score (nSPS) is 19.3. The topological polar surface area (TPSA) is 30.5 Å². The van der Waals surface area contributed by atoms with Crippen LogP contribution in [0.1, 0.15) is 11.7 Å². The molecule has 122 valence electrons. The quantitative estimate of drug-likeness (QED) is 0.861. The molecule has 3 nitrogen and oxygen atoms in total. The van der Waals surface area contributed by atoms with Crippen molar-refractivity contribution in [1.82, 2.24) is 5.32 Å². The lowest BCUT2D eigenvalue weighted by Crippen LogP contribution is -2.43. The van der Waals surface area contributed by atoms with Gasteiger partial charge in [-0.2, -0.15) is 0 Å². The van der Waals surface area contributed by atoms with Crippen LogP contribution in [0.3, 0.4) is 0 Å². The molecule has 0 aromatic heterocycles. The van der Waals surface area contributed by atoms with Crippen LogP contribution in [0.2, 0.25) is 5.02 Å². The van der Waals surface area contributed by atoms with Gasteiger partial charge in [-0.15, -0.1) is 0 Å². The Morgan fingerprint density at radius 1 is 1.22 bits per heavy atom. The van der Waals surface area contributed by atoms with Crippen LogP contribution in [0.15, 0.2) is 42.5 Å². The first kappa shape index (κ1) is 16.2. The highest BCUT2D eigenvalue weighted by Gasteiger charge is 2.29. The Morgan fingerprint density at radius 3 is 2.70 bits per heavy atom. The molecule has 0 unspecified atom stereocenters. The van der Waals surface area contributed by atoms with E-state index in [1.165, 1.54) is 0 Å². The van der Waals surface area contributed by atoms with Gasteiger partial charge < -0.3 is 14.8 Å². The largest absolute Gasteiger partial charge is 0.481 e. The molecule has 6 heteroatoms. The zero-order chi connectivity index (χ0) is 16.2. The molecule has 1 N–H and O–H groups in total. The van der Waals surface area contributed by atoms with Gasteiger partial charge in [-0.25, -0.2) is 8.78 Å². The second kappa shape index (κ2) is 7.25. The van der Waals surface area contributed by atoms with Crippen molar-refractivity contribution in [1.29, 1.82) is 0 Å². The van der Waals surface area contributed by atoms with E-state index in [0.717, 1.165) is 24.2 Å². The molecule has 1 saturated heterocycles. The Balaban J connectivity index is 1.93. The minimum Gasteiger partial charge on any atom is -0.481 e. The third-order valence-electron chi connectivity index (χ3n) is 3.64. The summed E-state index contributed by atoms with van der Waals surface area (Å²) in [4.78, 5) is 0. The van der Waals surface area contributed by atoms with Gasteiger partial charge in [-0.1, -0.05) is 41.9 Å². The van der Waals surface area contributed by atoms with Crippen molar-refractivity contribution < 1.29 is 18.3 Å². The average molecular weight is 340 g/mol. The summed E-state index contributed by atoms with van der Waals surface area (Å²) in [5.41, 5.74) is 0.849. The zero-order valence-electron chi connectivity index (χ0n) is 12.3. The van der Waals surface area contributed by atoms with Gasteiger partial charge in [-0.3, -0.25) is 0 Å². The second-order valence-electron chi connectivity index (χ2n) is 5.26. The molecule has 0 amide bonds. The number of nitrogens with one attached hydrogen (secondary N) is 1. The van der Waals surface area contributed by atoms with Crippen LogP contribution in [0, 0.1) is 11.6 Å². The molecule has 0 saturated carbocycles. The fraction of sp³-hybridized carbons (Fsp3) is 0.294. The maximum atomic E-state index is 13.6. The second-order valence-corrected chi connectivity index (χ2v) is 5.64. The smallest absolute Gasteiger partial charge is 0.151 e. The first-order valence-corrected chi connectivity index (χ1v) is 7.71. The number of rotatable bonds is 4. The summed E-state index contributed by atoms with van der Waals surface area (Å²) in [5.74, 6) is -1.63. The lowest BCUT2D eigenvalue weighted by molar-refractivity contribution is -0.0433. The predicted octanol–water partition coefficient (Wildman–Crippen LogP) is 3.73. The Bertz CT molecular complexity index is 663. The molecule has 1 fully saturated rings. The summed E-state index contributed by atoms with van der Waals surface area (Å²) in [6, 6.07) is 11.2. The van der Waals surface area contributed by atoms with Crippen molar-refractivity contribution in [2.75, 3.05) is 19.7 Å². The fourth-order valence-corrected chi connectivity index (χ4v) is 2.69. The summed E-state index contributed by atoms with van der Waals surface area (Å²) in [7, 11) is 0. The van der Waals surface area contributed by atoms with E-state index in [2.05, 4.69) is 5.32 Å². The summed E-state index contributed by atoms with van der Waals surface area (Å²) >= 11 is 5.91. The highest BCUT2D eigenvalue weighted by Crippen LogP contribution is 2.34. The molecule has 23 heavy (non-hydrogen) atoms. The van der Waals surface area contributed by atoms with Crippen molar-refractivity contribution in [2.45, 2.75) is 12.2 Å².